The van der Waals surface area contributed by atoms with Gasteiger partial charge in [-0.05, 0) is 39.0 Å². The van der Waals surface area contributed by atoms with Gasteiger partial charge < -0.3 is 10.6 Å². The molecule has 6 heteroatoms. The van der Waals surface area contributed by atoms with Crippen LogP contribution in [0.5, 0.6) is 0 Å². The maximum atomic E-state index is 6.28. The van der Waals surface area contributed by atoms with Crippen molar-refractivity contribution in [3.05, 3.63) is 64.6 Å². The smallest absolute Gasteiger partial charge is 0.225 e. The summed E-state index contributed by atoms with van der Waals surface area (Å²) in [5.41, 5.74) is 2.40. The summed E-state index contributed by atoms with van der Waals surface area (Å²) < 4.78 is 0. The van der Waals surface area contributed by atoms with Crippen molar-refractivity contribution in [2.75, 3.05) is 10.6 Å². The van der Waals surface area contributed by atoms with E-state index < -0.39 is 0 Å². The topological polar surface area (TPSA) is 49.8 Å². The Hall–Kier alpha value is -2.30. The van der Waals surface area contributed by atoms with E-state index in [9.17, 15) is 0 Å². The van der Waals surface area contributed by atoms with Gasteiger partial charge in [-0.2, -0.15) is 4.98 Å². The molecule has 3 rings (SSSR count). The number of anilines is 3. The highest BCUT2D eigenvalue weighted by atomic mass is 35.5. The highest BCUT2D eigenvalue weighted by Crippen LogP contribution is 2.30. The molecule has 0 spiro atoms. The number of halogens is 2. The Morgan fingerprint density at radius 1 is 0.885 bits per heavy atom. The maximum Gasteiger partial charge on any atom is 0.225 e. The average molecular weight is 387 g/mol. The average Bonchev–Trinajstić information content (AvgIpc) is 2.56. The Bertz CT molecular complexity index is 905. The molecule has 0 saturated heterocycles. The largest absolute Gasteiger partial charge is 0.350 e. The second-order valence-corrected chi connectivity index (χ2v) is 7.80. The molecule has 26 heavy (non-hydrogen) atoms. The third-order valence-electron chi connectivity index (χ3n) is 3.48. The minimum absolute atomic E-state index is 0.162. The minimum Gasteiger partial charge on any atom is -0.350 e. The van der Waals surface area contributed by atoms with E-state index in [0.717, 1.165) is 16.9 Å². The van der Waals surface area contributed by atoms with Gasteiger partial charge in [0.05, 0.1) is 16.4 Å². The van der Waals surface area contributed by atoms with Crippen molar-refractivity contribution < 1.29 is 0 Å². The second-order valence-electron chi connectivity index (χ2n) is 6.95. The molecule has 0 unspecified atom stereocenters. The van der Waals surface area contributed by atoms with Gasteiger partial charge >= 0.3 is 0 Å². The van der Waals surface area contributed by atoms with Crippen LogP contribution in [0.15, 0.2) is 54.6 Å². The van der Waals surface area contributed by atoms with Gasteiger partial charge in [-0.3, -0.25) is 0 Å². The molecule has 0 aliphatic carbocycles. The van der Waals surface area contributed by atoms with Crippen LogP contribution in [-0.4, -0.2) is 15.5 Å². The number of hydrogen-bond acceptors (Lipinski definition) is 4. The molecule has 1 aromatic heterocycles. The number of rotatable bonds is 4. The summed E-state index contributed by atoms with van der Waals surface area (Å²) in [7, 11) is 0. The van der Waals surface area contributed by atoms with Crippen LogP contribution < -0.4 is 10.6 Å². The van der Waals surface area contributed by atoms with Gasteiger partial charge in [0, 0.05) is 22.2 Å². The van der Waals surface area contributed by atoms with Crippen molar-refractivity contribution >= 4 is 40.7 Å². The molecule has 0 aliphatic rings. The van der Waals surface area contributed by atoms with Gasteiger partial charge in [0.15, 0.2) is 0 Å². The van der Waals surface area contributed by atoms with E-state index in [4.69, 9.17) is 23.2 Å². The second kappa shape index (κ2) is 7.52. The standard InChI is InChI=1S/C20H20Cl2N4/c1-20(2,3)26-19-24-17(13-7-5-4-6-8-13)12-18(25-19)23-16-10-9-14(21)11-15(16)22/h4-12H,1-3H3,(H2,23,24,25,26). The molecule has 2 aromatic carbocycles. The van der Waals surface area contributed by atoms with Crippen molar-refractivity contribution in [2.45, 2.75) is 26.3 Å². The van der Waals surface area contributed by atoms with Gasteiger partial charge in [0.25, 0.3) is 0 Å². The lowest BCUT2D eigenvalue weighted by Crippen LogP contribution is -2.27. The van der Waals surface area contributed by atoms with E-state index >= 15 is 0 Å². The van der Waals surface area contributed by atoms with Crippen LogP contribution in [0.25, 0.3) is 11.3 Å². The summed E-state index contributed by atoms with van der Waals surface area (Å²) in [6.45, 7) is 6.19. The molecule has 4 nitrogen and oxygen atoms in total. The minimum atomic E-state index is -0.162. The summed E-state index contributed by atoms with van der Waals surface area (Å²) in [4.78, 5) is 9.23. The molecular weight excluding hydrogens is 367 g/mol. The normalized spacial score (nSPS) is 11.3. The molecule has 0 aliphatic heterocycles. The van der Waals surface area contributed by atoms with E-state index in [1.54, 1.807) is 12.1 Å². The molecule has 0 fully saturated rings. The fourth-order valence-electron chi connectivity index (χ4n) is 2.39. The number of benzene rings is 2. The molecule has 0 saturated carbocycles. The van der Waals surface area contributed by atoms with E-state index in [1.807, 2.05) is 42.5 Å². The van der Waals surface area contributed by atoms with Crippen LogP contribution >= 0.6 is 23.2 Å². The SMILES string of the molecule is CC(C)(C)Nc1nc(Nc2ccc(Cl)cc2Cl)cc(-c2ccccc2)n1. The van der Waals surface area contributed by atoms with Crippen LogP contribution in [0.2, 0.25) is 10.0 Å². The Kier molecular flexibility index (Phi) is 5.35. The van der Waals surface area contributed by atoms with Crippen LogP contribution in [0.1, 0.15) is 20.8 Å². The quantitative estimate of drug-likeness (QED) is 0.544. The van der Waals surface area contributed by atoms with Crippen LogP contribution in [0, 0.1) is 0 Å². The molecular formula is C20H20Cl2N4. The summed E-state index contributed by atoms with van der Waals surface area (Å²) in [5, 5.41) is 7.70. The monoisotopic (exact) mass is 386 g/mol. The molecule has 0 atom stereocenters. The zero-order chi connectivity index (χ0) is 18.7. The summed E-state index contributed by atoms with van der Waals surface area (Å²) in [5.74, 6) is 1.20. The highest BCUT2D eigenvalue weighted by molar-refractivity contribution is 6.36. The van der Waals surface area contributed by atoms with Gasteiger partial charge in [0.2, 0.25) is 5.95 Å². The number of aromatic nitrogens is 2. The van der Waals surface area contributed by atoms with E-state index in [-0.39, 0.29) is 5.54 Å². The summed E-state index contributed by atoms with van der Waals surface area (Å²) >= 11 is 12.3. The van der Waals surface area contributed by atoms with E-state index in [1.165, 1.54) is 0 Å². The Balaban J connectivity index is 2.01. The first kappa shape index (κ1) is 18.5. The third-order valence-corrected chi connectivity index (χ3v) is 4.02. The van der Waals surface area contributed by atoms with Crippen molar-refractivity contribution in [3.63, 3.8) is 0 Å². The first-order valence-electron chi connectivity index (χ1n) is 8.25. The van der Waals surface area contributed by atoms with Crippen LogP contribution in [-0.2, 0) is 0 Å². The molecule has 134 valence electrons. The molecule has 0 amide bonds. The highest BCUT2D eigenvalue weighted by Gasteiger charge is 2.14. The Morgan fingerprint density at radius 3 is 2.27 bits per heavy atom. The first-order chi connectivity index (χ1) is 12.3. The first-order valence-corrected chi connectivity index (χ1v) is 9.00. The van der Waals surface area contributed by atoms with Gasteiger partial charge in [-0.25, -0.2) is 4.98 Å². The fraction of sp³-hybridized carbons (Fsp3) is 0.200. The van der Waals surface area contributed by atoms with Gasteiger partial charge in [0.1, 0.15) is 5.82 Å². The van der Waals surface area contributed by atoms with Crippen molar-refractivity contribution in [1.82, 2.24) is 9.97 Å². The molecule has 0 bridgehead atoms. The predicted molar refractivity (Wildman–Crippen MR) is 111 cm³/mol. The Labute approximate surface area is 163 Å². The van der Waals surface area contributed by atoms with Gasteiger partial charge in [-0.1, -0.05) is 53.5 Å². The van der Waals surface area contributed by atoms with Crippen LogP contribution in [0.4, 0.5) is 17.5 Å². The fourth-order valence-corrected chi connectivity index (χ4v) is 2.84. The molecule has 1 heterocycles. The van der Waals surface area contributed by atoms with Crippen molar-refractivity contribution in [3.8, 4) is 11.3 Å². The number of nitrogens with zero attached hydrogens (tertiary/aromatic N) is 2. The summed E-state index contributed by atoms with van der Waals surface area (Å²) in [6.07, 6.45) is 0. The van der Waals surface area contributed by atoms with Crippen LogP contribution in [0.3, 0.4) is 0 Å². The molecule has 0 radical (unpaired) electrons. The third kappa shape index (κ3) is 4.87. The number of nitrogens with one attached hydrogen (secondary N) is 2. The van der Waals surface area contributed by atoms with Crippen molar-refractivity contribution in [2.24, 2.45) is 0 Å². The van der Waals surface area contributed by atoms with Crippen molar-refractivity contribution in [1.29, 1.82) is 0 Å². The zero-order valence-electron chi connectivity index (χ0n) is 14.8. The lowest BCUT2D eigenvalue weighted by Gasteiger charge is -2.21. The van der Waals surface area contributed by atoms with Gasteiger partial charge in [-0.15, -0.1) is 0 Å². The lowest BCUT2D eigenvalue weighted by molar-refractivity contribution is 0.626. The lowest BCUT2D eigenvalue weighted by atomic mass is 10.1. The molecule has 3 aromatic rings. The van der Waals surface area contributed by atoms with E-state index in [0.29, 0.717) is 21.8 Å². The molecule has 2 N–H and O–H groups in total. The number of hydrogen-bond donors (Lipinski definition) is 2. The Morgan fingerprint density at radius 2 is 1.62 bits per heavy atom. The predicted octanol–water partition coefficient (Wildman–Crippen LogP) is 6.40. The summed E-state index contributed by atoms with van der Waals surface area (Å²) in [6, 6.07) is 17.2. The van der Waals surface area contributed by atoms with E-state index in [2.05, 4.69) is 41.4 Å². The zero-order valence-corrected chi connectivity index (χ0v) is 16.4. The maximum absolute atomic E-state index is 6.28.